The summed E-state index contributed by atoms with van der Waals surface area (Å²) >= 11 is 2.41. The number of benzene rings is 1. The fourth-order valence-corrected chi connectivity index (χ4v) is 3.00. The molecule has 0 heterocycles. The number of nitrogens with one attached hydrogen (secondary N) is 1. The predicted molar refractivity (Wildman–Crippen MR) is 75.7 cm³/mol. The number of ether oxygens (including phenoxy) is 1. The van der Waals surface area contributed by atoms with E-state index in [1.807, 2.05) is 18.2 Å². The third-order valence-corrected chi connectivity index (χ3v) is 4.43. The Morgan fingerprint density at radius 3 is 2.65 bits per heavy atom. The molecule has 0 saturated heterocycles. The van der Waals surface area contributed by atoms with Gasteiger partial charge in [0.05, 0.1) is 0 Å². The molecule has 1 saturated carbocycles. The Morgan fingerprint density at radius 1 is 1.24 bits per heavy atom. The van der Waals surface area contributed by atoms with Gasteiger partial charge in [-0.3, -0.25) is 0 Å². The first kappa shape index (κ1) is 12.7. The number of hydrogen-bond donors (Lipinski definition) is 1. The molecule has 92 valence electrons. The van der Waals surface area contributed by atoms with Gasteiger partial charge in [0.15, 0.2) is 0 Å². The third kappa shape index (κ3) is 3.87. The molecule has 1 aliphatic carbocycles. The molecule has 0 spiro atoms. The molecule has 1 aliphatic rings. The second-order valence-electron chi connectivity index (χ2n) is 4.25. The van der Waals surface area contributed by atoms with Crippen molar-refractivity contribution >= 4 is 28.7 Å². The van der Waals surface area contributed by atoms with Crippen molar-refractivity contribution in [2.24, 2.45) is 0 Å². The number of amides is 1. The minimum absolute atomic E-state index is 0.251. The lowest BCUT2D eigenvalue weighted by molar-refractivity contribution is 0.193. The van der Waals surface area contributed by atoms with Gasteiger partial charge in [0.25, 0.3) is 0 Å². The van der Waals surface area contributed by atoms with E-state index in [0.29, 0.717) is 9.67 Å². The zero-order valence-electron chi connectivity index (χ0n) is 9.56. The maximum Gasteiger partial charge on any atom is 0.412 e. The van der Waals surface area contributed by atoms with E-state index in [2.05, 4.69) is 27.9 Å². The first-order valence-corrected chi connectivity index (χ1v) is 7.18. The smallest absolute Gasteiger partial charge is 0.410 e. The van der Waals surface area contributed by atoms with Crippen LogP contribution in [-0.2, 0) is 0 Å². The molecule has 1 aromatic rings. The van der Waals surface area contributed by atoms with Crippen molar-refractivity contribution in [2.45, 2.75) is 35.6 Å². The molecule has 1 fully saturated rings. The van der Waals surface area contributed by atoms with Gasteiger partial charge in [0, 0.05) is 9.97 Å². The summed E-state index contributed by atoms with van der Waals surface area (Å²) in [5.74, 6) is 0.589. The molecule has 0 radical (unpaired) electrons. The molecular formula is C13H16INO2. The summed E-state index contributed by atoms with van der Waals surface area (Å²) in [4.78, 5) is 11.7. The van der Waals surface area contributed by atoms with Gasteiger partial charge >= 0.3 is 6.09 Å². The highest BCUT2D eigenvalue weighted by atomic mass is 127. The average molecular weight is 345 g/mol. The van der Waals surface area contributed by atoms with Crippen molar-refractivity contribution in [3.8, 4) is 5.75 Å². The summed E-state index contributed by atoms with van der Waals surface area (Å²) in [6.07, 6.45) is 4.34. The van der Waals surface area contributed by atoms with Crippen LogP contribution in [0.25, 0.3) is 0 Å². The van der Waals surface area contributed by atoms with Crippen LogP contribution in [-0.4, -0.2) is 16.1 Å². The lowest BCUT2D eigenvalue weighted by Crippen LogP contribution is -2.43. The van der Waals surface area contributed by atoms with E-state index in [0.717, 1.165) is 6.42 Å². The summed E-state index contributed by atoms with van der Waals surface area (Å²) in [5.41, 5.74) is 0. The Labute approximate surface area is 115 Å². The Morgan fingerprint density at radius 2 is 1.94 bits per heavy atom. The summed E-state index contributed by atoms with van der Waals surface area (Å²) in [6, 6.07) is 9.41. The van der Waals surface area contributed by atoms with Gasteiger partial charge in [0.2, 0.25) is 0 Å². The molecule has 4 heteroatoms. The fraction of sp³-hybridized carbons (Fsp3) is 0.462. The number of alkyl halides is 1. The monoisotopic (exact) mass is 345 g/mol. The van der Waals surface area contributed by atoms with Crippen LogP contribution in [0.2, 0.25) is 0 Å². The summed E-state index contributed by atoms with van der Waals surface area (Å²) in [6.45, 7) is 0. The molecule has 0 aliphatic heterocycles. The molecule has 2 rings (SSSR count). The van der Waals surface area contributed by atoms with Crippen molar-refractivity contribution in [1.82, 2.24) is 5.32 Å². The van der Waals surface area contributed by atoms with Crippen LogP contribution in [0.1, 0.15) is 25.7 Å². The van der Waals surface area contributed by atoms with Gasteiger partial charge in [0.1, 0.15) is 5.75 Å². The lowest BCUT2D eigenvalue weighted by Gasteiger charge is -2.27. The molecule has 1 amide bonds. The van der Waals surface area contributed by atoms with E-state index in [-0.39, 0.29) is 12.1 Å². The molecule has 1 aromatic carbocycles. The van der Waals surface area contributed by atoms with Crippen LogP contribution in [0.15, 0.2) is 30.3 Å². The van der Waals surface area contributed by atoms with Crippen molar-refractivity contribution in [3.63, 3.8) is 0 Å². The minimum Gasteiger partial charge on any atom is -0.410 e. The van der Waals surface area contributed by atoms with E-state index in [1.165, 1.54) is 19.3 Å². The highest BCUT2D eigenvalue weighted by Crippen LogP contribution is 2.25. The molecule has 0 bridgehead atoms. The van der Waals surface area contributed by atoms with E-state index in [9.17, 15) is 4.79 Å². The zero-order chi connectivity index (χ0) is 12.1. The molecule has 1 N–H and O–H groups in total. The van der Waals surface area contributed by atoms with Crippen LogP contribution in [0.3, 0.4) is 0 Å². The Balaban J connectivity index is 1.84. The van der Waals surface area contributed by atoms with Gasteiger partial charge in [-0.2, -0.15) is 0 Å². The topological polar surface area (TPSA) is 38.3 Å². The molecule has 0 unspecified atom stereocenters. The lowest BCUT2D eigenvalue weighted by atomic mass is 9.96. The Bertz CT molecular complexity index is 369. The number of carbonyl (C=O) groups is 1. The molecule has 17 heavy (non-hydrogen) atoms. The zero-order valence-corrected chi connectivity index (χ0v) is 11.7. The standard InChI is InChI=1S/C13H16INO2/c14-11-8-4-5-9-12(11)15-13(16)17-10-6-2-1-3-7-10/h1-3,6-7,11-12H,4-5,8-9H2,(H,15,16)/t11-,12-/m0/s1. The van der Waals surface area contributed by atoms with Crippen molar-refractivity contribution < 1.29 is 9.53 Å². The van der Waals surface area contributed by atoms with Gasteiger partial charge in [-0.25, -0.2) is 4.79 Å². The largest absolute Gasteiger partial charge is 0.412 e. The van der Waals surface area contributed by atoms with Crippen molar-refractivity contribution in [1.29, 1.82) is 0 Å². The normalized spacial score (nSPS) is 24.1. The van der Waals surface area contributed by atoms with Gasteiger partial charge in [-0.1, -0.05) is 53.6 Å². The number of halogens is 1. The van der Waals surface area contributed by atoms with Gasteiger partial charge < -0.3 is 10.1 Å². The first-order chi connectivity index (χ1) is 8.25. The van der Waals surface area contributed by atoms with Crippen LogP contribution in [0, 0.1) is 0 Å². The third-order valence-electron chi connectivity index (χ3n) is 2.94. The van der Waals surface area contributed by atoms with Crippen LogP contribution in [0.5, 0.6) is 5.75 Å². The second-order valence-corrected chi connectivity index (χ2v) is 5.85. The van der Waals surface area contributed by atoms with Gasteiger partial charge in [-0.15, -0.1) is 0 Å². The SMILES string of the molecule is O=C(N[C@H]1CCCC[C@@H]1I)Oc1ccccc1. The molecule has 3 nitrogen and oxygen atoms in total. The highest BCUT2D eigenvalue weighted by Gasteiger charge is 2.24. The van der Waals surface area contributed by atoms with E-state index < -0.39 is 0 Å². The van der Waals surface area contributed by atoms with E-state index in [4.69, 9.17) is 4.74 Å². The maximum absolute atomic E-state index is 11.7. The number of rotatable bonds is 2. The Hall–Kier alpha value is -0.780. The molecule has 2 atom stereocenters. The number of hydrogen-bond acceptors (Lipinski definition) is 2. The summed E-state index contributed by atoms with van der Waals surface area (Å²) in [5, 5.41) is 2.95. The van der Waals surface area contributed by atoms with Crippen molar-refractivity contribution in [3.05, 3.63) is 30.3 Å². The maximum atomic E-state index is 11.7. The first-order valence-electron chi connectivity index (χ1n) is 5.93. The van der Waals surface area contributed by atoms with Crippen molar-refractivity contribution in [2.75, 3.05) is 0 Å². The van der Waals surface area contributed by atoms with E-state index in [1.54, 1.807) is 12.1 Å². The fourth-order valence-electron chi connectivity index (χ4n) is 2.02. The second kappa shape index (κ2) is 6.23. The summed E-state index contributed by atoms with van der Waals surface area (Å²) < 4.78 is 5.73. The minimum atomic E-state index is -0.343. The van der Waals surface area contributed by atoms with Crippen LogP contribution in [0.4, 0.5) is 4.79 Å². The predicted octanol–water partition coefficient (Wildman–Crippen LogP) is 3.52. The molecular weight excluding hydrogens is 329 g/mol. The highest BCUT2D eigenvalue weighted by molar-refractivity contribution is 14.1. The number of para-hydroxylation sites is 1. The van der Waals surface area contributed by atoms with E-state index >= 15 is 0 Å². The van der Waals surface area contributed by atoms with Crippen LogP contribution < -0.4 is 10.1 Å². The Kier molecular flexibility index (Phi) is 4.65. The number of carbonyl (C=O) groups excluding carboxylic acids is 1. The van der Waals surface area contributed by atoms with Crippen LogP contribution >= 0.6 is 22.6 Å². The summed E-state index contributed by atoms with van der Waals surface area (Å²) in [7, 11) is 0. The average Bonchev–Trinajstić information content (AvgIpc) is 2.33. The molecule has 0 aromatic heterocycles. The quantitative estimate of drug-likeness (QED) is 0.658. The van der Waals surface area contributed by atoms with Gasteiger partial charge in [-0.05, 0) is 25.0 Å².